The molecular weight excluding hydrogens is 516 g/mol. The van der Waals surface area contributed by atoms with Crippen LogP contribution in [-0.4, -0.2) is 4.98 Å². The molecule has 2 atom stereocenters. The van der Waals surface area contributed by atoms with Crippen LogP contribution in [0.25, 0.3) is 0 Å². The van der Waals surface area contributed by atoms with Crippen molar-refractivity contribution in [1.82, 2.24) is 4.98 Å². The Bertz CT molecular complexity index is 1850. The molecule has 4 nitrogen and oxygen atoms in total. The van der Waals surface area contributed by atoms with E-state index in [1.54, 1.807) is 6.20 Å². The summed E-state index contributed by atoms with van der Waals surface area (Å²) >= 11 is 0. The number of pyridine rings is 1. The number of rotatable bonds is 5. The van der Waals surface area contributed by atoms with Gasteiger partial charge in [-0.3, -0.25) is 0 Å². The molecule has 8 rings (SSSR count). The van der Waals surface area contributed by atoms with E-state index in [0.29, 0.717) is 5.88 Å². The van der Waals surface area contributed by atoms with Gasteiger partial charge in [0.1, 0.15) is 17.2 Å². The van der Waals surface area contributed by atoms with E-state index in [1.165, 1.54) is 16.7 Å². The fourth-order valence-electron chi connectivity index (χ4n) is 6.31. The summed E-state index contributed by atoms with van der Waals surface area (Å²) in [4.78, 5) is 4.58. The van der Waals surface area contributed by atoms with Crippen LogP contribution in [-0.2, 0) is 6.54 Å². The Balaban J connectivity index is 1.22. The molecule has 0 radical (unpaired) electrons. The third-order valence-electron chi connectivity index (χ3n) is 8.27. The Morgan fingerprint density at radius 1 is 0.524 bits per heavy atom. The van der Waals surface area contributed by atoms with Gasteiger partial charge in [0.25, 0.3) is 0 Å². The molecule has 2 aliphatic rings. The molecule has 3 heterocycles. The SMILES string of the molecule is c1ccc(CNc2ccc(C3c4ccccc4Oc4c3cccc4C3c4ccccc4Oc4ncccc43)cc2)cc1. The van der Waals surface area contributed by atoms with Gasteiger partial charge in [-0.15, -0.1) is 0 Å². The summed E-state index contributed by atoms with van der Waals surface area (Å²) in [7, 11) is 0. The molecule has 0 saturated heterocycles. The molecule has 0 bridgehead atoms. The van der Waals surface area contributed by atoms with Gasteiger partial charge < -0.3 is 14.8 Å². The van der Waals surface area contributed by atoms with Gasteiger partial charge in [-0.25, -0.2) is 4.98 Å². The van der Waals surface area contributed by atoms with Crippen LogP contribution < -0.4 is 14.8 Å². The number of para-hydroxylation sites is 3. The summed E-state index contributed by atoms with van der Waals surface area (Å²) < 4.78 is 13.0. The predicted molar refractivity (Wildman–Crippen MR) is 166 cm³/mol. The lowest BCUT2D eigenvalue weighted by Crippen LogP contribution is -2.17. The smallest absolute Gasteiger partial charge is 0.223 e. The molecule has 42 heavy (non-hydrogen) atoms. The van der Waals surface area contributed by atoms with Crippen LogP contribution in [0, 0.1) is 0 Å². The first-order chi connectivity index (χ1) is 20.8. The molecule has 4 heteroatoms. The van der Waals surface area contributed by atoms with Crippen molar-refractivity contribution in [3.8, 4) is 23.1 Å². The second-order valence-electron chi connectivity index (χ2n) is 10.8. The number of ether oxygens (including phenoxy) is 2. The van der Waals surface area contributed by atoms with Crippen molar-refractivity contribution in [3.05, 3.63) is 179 Å². The van der Waals surface area contributed by atoms with E-state index in [2.05, 4.69) is 113 Å². The van der Waals surface area contributed by atoms with Crippen molar-refractivity contribution in [2.75, 3.05) is 5.32 Å². The zero-order chi connectivity index (χ0) is 27.9. The Hall–Kier alpha value is -5.35. The maximum atomic E-state index is 6.78. The molecule has 6 aromatic rings. The molecule has 0 fully saturated rings. The van der Waals surface area contributed by atoms with Crippen LogP contribution in [0.5, 0.6) is 23.1 Å². The molecule has 2 aliphatic heterocycles. The van der Waals surface area contributed by atoms with Crippen molar-refractivity contribution in [2.24, 2.45) is 0 Å². The van der Waals surface area contributed by atoms with Gasteiger partial charge in [-0.2, -0.15) is 0 Å². The predicted octanol–water partition coefficient (Wildman–Crippen LogP) is 9.27. The van der Waals surface area contributed by atoms with E-state index in [-0.39, 0.29) is 11.8 Å². The number of hydrogen-bond donors (Lipinski definition) is 1. The lowest BCUT2D eigenvalue weighted by molar-refractivity contribution is 0.424. The summed E-state index contributed by atoms with van der Waals surface area (Å²) in [5, 5.41) is 3.56. The van der Waals surface area contributed by atoms with E-state index in [0.717, 1.165) is 51.7 Å². The molecule has 0 aliphatic carbocycles. The fraction of sp³-hybridized carbons (Fsp3) is 0.0789. The number of anilines is 1. The van der Waals surface area contributed by atoms with Crippen molar-refractivity contribution in [2.45, 2.75) is 18.4 Å². The zero-order valence-corrected chi connectivity index (χ0v) is 22.9. The van der Waals surface area contributed by atoms with Gasteiger partial charge in [0.15, 0.2) is 0 Å². The van der Waals surface area contributed by atoms with Crippen molar-refractivity contribution >= 4 is 5.69 Å². The average molecular weight is 545 g/mol. The molecular formula is C38H28N2O2. The van der Waals surface area contributed by atoms with Gasteiger partial charge in [-0.05, 0) is 41.5 Å². The summed E-state index contributed by atoms with van der Waals surface area (Å²) in [6.07, 6.45) is 1.78. The van der Waals surface area contributed by atoms with Crippen molar-refractivity contribution in [1.29, 1.82) is 0 Å². The topological polar surface area (TPSA) is 43.4 Å². The summed E-state index contributed by atoms with van der Waals surface area (Å²) in [6, 6.07) is 46.5. The summed E-state index contributed by atoms with van der Waals surface area (Å²) in [5.41, 5.74) is 9.17. The summed E-state index contributed by atoms with van der Waals surface area (Å²) in [6.45, 7) is 0.787. The Kier molecular flexibility index (Phi) is 5.96. The first-order valence-corrected chi connectivity index (χ1v) is 14.3. The van der Waals surface area contributed by atoms with Crippen LogP contribution in [0.1, 0.15) is 50.8 Å². The van der Waals surface area contributed by atoms with Crippen molar-refractivity contribution < 1.29 is 9.47 Å². The van der Waals surface area contributed by atoms with Crippen molar-refractivity contribution in [3.63, 3.8) is 0 Å². The minimum atomic E-state index is -0.0657. The molecule has 5 aromatic carbocycles. The standard InChI is InChI=1S/C38H28N2O2/c1-2-10-25(11-3-1)24-40-27-21-19-26(20-22-27)35-28-12-4-6-17-33(28)41-37-30(35)14-8-15-31(37)36-29-13-5-7-18-34(29)42-38-32(36)16-9-23-39-38/h1-23,35-36,40H,24H2. The summed E-state index contributed by atoms with van der Waals surface area (Å²) in [5.74, 6) is 3.24. The van der Waals surface area contributed by atoms with Gasteiger partial charge in [-0.1, -0.05) is 103 Å². The maximum absolute atomic E-state index is 6.78. The number of aromatic nitrogens is 1. The average Bonchev–Trinajstić information content (AvgIpc) is 3.06. The lowest BCUT2D eigenvalue weighted by atomic mass is 9.77. The molecule has 1 aromatic heterocycles. The maximum Gasteiger partial charge on any atom is 0.223 e. The number of fused-ring (bicyclic) bond motifs is 4. The highest BCUT2D eigenvalue weighted by atomic mass is 16.5. The van der Waals surface area contributed by atoms with Gasteiger partial charge in [0.2, 0.25) is 5.88 Å². The first kappa shape index (κ1) is 24.4. The van der Waals surface area contributed by atoms with E-state index in [1.807, 2.05) is 30.3 Å². The molecule has 0 spiro atoms. The quantitative estimate of drug-likeness (QED) is 0.234. The van der Waals surface area contributed by atoms with Crippen LogP contribution in [0.4, 0.5) is 5.69 Å². The molecule has 0 saturated carbocycles. The van der Waals surface area contributed by atoms with Crippen LogP contribution in [0.3, 0.4) is 0 Å². The largest absolute Gasteiger partial charge is 0.456 e. The van der Waals surface area contributed by atoms with E-state index < -0.39 is 0 Å². The Morgan fingerprint density at radius 3 is 1.93 bits per heavy atom. The second-order valence-corrected chi connectivity index (χ2v) is 10.8. The molecule has 0 amide bonds. The monoisotopic (exact) mass is 544 g/mol. The Labute approximate surface area is 245 Å². The van der Waals surface area contributed by atoms with Crippen LogP contribution in [0.2, 0.25) is 0 Å². The highest BCUT2D eigenvalue weighted by Crippen LogP contribution is 2.54. The third kappa shape index (κ3) is 4.20. The normalized spacial score (nSPS) is 16.1. The highest BCUT2D eigenvalue weighted by Gasteiger charge is 2.36. The molecule has 1 N–H and O–H groups in total. The minimum absolute atomic E-state index is 0.0385. The van der Waals surface area contributed by atoms with E-state index in [4.69, 9.17) is 9.47 Å². The zero-order valence-electron chi connectivity index (χ0n) is 22.9. The molecule has 202 valence electrons. The molecule has 2 unspecified atom stereocenters. The van der Waals surface area contributed by atoms with Gasteiger partial charge in [0.05, 0.1) is 0 Å². The number of nitrogens with zero attached hydrogens (tertiary/aromatic N) is 1. The van der Waals surface area contributed by atoms with Crippen LogP contribution >= 0.6 is 0 Å². The van der Waals surface area contributed by atoms with E-state index >= 15 is 0 Å². The third-order valence-corrected chi connectivity index (χ3v) is 8.27. The first-order valence-electron chi connectivity index (χ1n) is 14.3. The second kappa shape index (κ2) is 10.2. The number of hydrogen-bond acceptors (Lipinski definition) is 4. The minimum Gasteiger partial charge on any atom is -0.456 e. The lowest BCUT2D eigenvalue weighted by Gasteiger charge is -2.33. The Morgan fingerprint density at radius 2 is 1.14 bits per heavy atom. The van der Waals surface area contributed by atoms with E-state index in [9.17, 15) is 0 Å². The number of nitrogens with one attached hydrogen (secondary N) is 1. The van der Waals surface area contributed by atoms with Crippen LogP contribution in [0.15, 0.2) is 140 Å². The number of benzene rings is 5. The fourth-order valence-corrected chi connectivity index (χ4v) is 6.31. The van der Waals surface area contributed by atoms with Gasteiger partial charge in [0, 0.05) is 58.1 Å². The highest BCUT2D eigenvalue weighted by molar-refractivity contribution is 5.66. The van der Waals surface area contributed by atoms with Gasteiger partial charge >= 0.3 is 0 Å².